The number of benzene rings is 2. The molecule has 0 aliphatic carbocycles. The fourth-order valence-electron chi connectivity index (χ4n) is 4.77. The van der Waals surface area contributed by atoms with Gasteiger partial charge in [0, 0.05) is 17.8 Å². The quantitative estimate of drug-likeness (QED) is 0.521. The first-order valence-corrected chi connectivity index (χ1v) is 12.5. The highest BCUT2D eigenvalue weighted by molar-refractivity contribution is 5.89. The van der Waals surface area contributed by atoms with E-state index >= 15 is 0 Å². The van der Waals surface area contributed by atoms with Gasteiger partial charge in [0.05, 0.1) is 58.6 Å². The molecule has 4 rings (SSSR count). The molecule has 4 atom stereocenters. The van der Waals surface area contributed by atoms with Gasteiger partial charge in [0.2, 0.25) is 5.91 Å². The minimum absolute atomic E-state index is 0.100. The number of aliphatic hydroxyl groups excluding tert-OH is 1. The van der Waals surface area contributed by atoms with Crippen LogP contribution in [-0.2, 0) is 20.8 Å². The van der Waals surface area contributed by atoms with Gasteiger partial charge in [-0.05, 0) is 43.2 Å². The fraction of sp³-hybridized carbons (Fsp3) is 0.481. The Hall–Kier alpha value is -3.34. The summed E-state index contributed by atoms with van der Waals surface area (Å²) in [5.74, 6) is 1.29. The van der Waals surface area contributed by atoms with Crippen LogP contribution in [0.5, 0.6) is 11.5 Å². The molecule has 0 aromatic heterocycles. The van der Waals surface area contributed by atoms with Crippen molar-refractivity contribution in [1.29, 1.82) is 0 Å². The Morgan fingerprint density at radius 1 is 1.05 bits per heavy atom. The van der Waals surface area contributed by atoms with Crippen LogP contribution in [-0.4, -0.2) is 80.3 Å². The Morgan fingerprint density at radius 2 is 1.84 bits per heavy atom. The lowest BCUT2D eigenvalue weighted by Crippen LogP contribution is -2.58. The molecule has 2 fully saturated rings. The summed E-state index contributed by atoms with van der Waals surface area (Å²) in [6.07, 6.45) is -0.0688. The molecule has 3 amide bonds. The van der Waals surface area contributed by atoms with Crippen molar-refractivity contribution in [3.05, 3.63) is 54.1 Å². The number of aliphatic hydroxyl groups is 1. The second-order valence-corrected chi connectivity index (χ2v) is 9.24. The Bertz CT molecular complexity index is 1050. The van der Waals surface area contributed by atoms with Crippen molar-refractivity contribution in [3.8, 4) is 11.5 Å². The van der Waals surface area contributed by atoms with Gasteiger partial charge in [-0.25, -0.2) is 4.79 Å². The first-order valence-electron chi connectivity index (χ1n) is 12.5. The average Bonchev–Trinajstić information content (AvgIpc) is 2.90. The number of urea groups is 1. The second kappa shape index (κ2) is 12.8. The van der Waals surface area contributed by atoms with Gasteiger partial charge < -0.3 is 39.6 Å². The van der Waals surface area contributed by atoms with Gasteiger partial charge in [0.25, 0.3) is 0 Å². The topological polar surface area (TPSA) is 119 Å². The van der Waals surface area contributed by atoms with E-state index in [0.29, 0.717) is 30.8 Å². The van der Waals surface area contributed by atoms with E-state index in [1.807, 2.05) is 24.3 Å². The number of carbonyl (C=O) groups is 2. The van der Waals surface area contributed by atoms with Gasteiger partial charge in [-0.3, -0.25) is 4.79 Å². The first-order chi connectivity index (χ1) is 18.0. The van der Waals surface area contributed by atoms with Crippen LogP contribution in [0.2, 0.25) is 0 Å². The van der Waals surface area contributed by atoms with Gasteiger partial charge in [0.1, 0.15) is 17.6 Å². The molecular formula is C27H35N3O7. The minimum Gasteiger partial charge on any atom is -0.497 e. The minimum atomic E-state index is -0.805. The molecule has 0 bridgehead atoms. The van der Waals surface area contributed by atoms with Crippen molar-refractivity contribution in [3.63, 3.8) is 0 Å². The van der Waals surface area contributed by atoms with Crippen LogP contribution >= 0.6 is 0 Å². The van der Waals surface area contributed by atoms with E-state index in [4.69, 9.17) is 18.9 Å². The third-order valence-electron chi connectivity index (χ3n) is 6.66. The zero-order valence-corrected chi connectivity index (χ0v) is 21.2. The summed E-state index contributed by atoms with van der Waals surface area (Å²) >= 11 is 0. The van der Waals surface area contributed by atoms with Crippen LogP contribution < -0.4 is 20.1 Å². The summed E-state index contributed by atoms with van der Waals surface area (Å²) in [5.41, 5.74) is 1.52. The number of β-amino-alcohol motifs (C(OH)–C–C–N with tert-alkyl or cyclic N) is 1. The van der Waals surface area contributed by atoms with E-state index in [-0.39, 0.29) is 50.3 Å². The summed E-state index contributed by atoms with van der Waals surface area (Å²) in [4.78, 5) is 27.5. The molecule has 2 saturated heterocycles. The number of hydrogen-bond donors (Lipinski definition) is 3. The third-order valence-corrected chi connectivity index (χ3v) is 6.66. The number of rotatable bonds is 7. The Morgan fingerprint density at radius 3 is 2.59 bits per heavy atom. The normalized spacial score (nSPS) is 23.7. The smallest absolute Gasteiger partial charge is 0.322 e. The highest BCUT2D eigenvalue weighted by Gasteiger charge is 2.40. The van der Waals surface area contributed by atoms with Gasteiger partial charge in [-0.15, -0.1) is 0 Å². The highest BCUT2D eigenvalue weighted by atomic mass is 16.5. The first kappa shape index (κ1) is 26.7. The Labute approximate surface area is 216 Å². The van der Waals surface area contributed by atoms with Gasteiger partial charge in [-0.1, -0.05) is 18.2 Å². The number of fused-ring (bicyclic) bond motifs is 1. The molecule has 0 unspecified atom stereocenters. The van der Waals surface area contributed by atoms with Crippen LogP contribution in [0.4, 0.5) is 10.5 Å². The molecule has 0 spiro atoms. The zero-order chi connectivity index (χ0) is 26.2. The van der Waals surface area contributed by atoms with Crippen LogP contribution in [0.15, 0.2) is 48.5 Å². The largest absolute Gasteiger partial charge is 0.497 e. The van der Waals surface area contributed by atoms with E-state index in [1.54, 1.807) is 43.4 Å². The summed E-state index contributed by atoms with van der Waals surface area (Å²) in [6, 6.07) is 14.0. The van der Waals surface area contributed by atoms with Crippen LogP contribution in [0.1, 0.15) is 24.8 Å². The molecule has 0 radical (unpaired) electrons. The zero-order valence-electron chi connectivity index (χ0n) is 21.2. The van der Waals surface area contributed by atoms with Crippen LogP contribution in [0, 0.1) is 0 Å². The molecule has 2 aromatic carbocycles. The maximum Gasteiger partial charge on any atom is 0.322 e. The number of hydrogen-bond acceptors (Lipinski definition) is 7. The predicted molar refractivity (Wildman–Crippen MR) is 137 cm³/mol. The summed E-state index contributed by atoms with van der Waals surface area (Å²) in [5, 5.41) is 16.2. The van der Waals surface area contributed by atoms with Crippen molar-refractivity contribution in [2.24, 2.45) is 0 Å². The number of para-hydroxylation sites is 1. The van der Waals surface area contributed by atoms with Crippen molar-refractivity contribution in [1.82, 2.24) is 10.2 Å². The number of nitrogens with zero attached hydrogens (tertiary/aromatic N) is 1. The lowest BCUT2D eigenvalue weighted by atomic mass is 9.95. The van der Waals surface area contributed by atoms with Crippen molar-refractivity contribution in [2.75, 3.05) is 39.3 Å². The summed E-state index contributed by atoms with van der Waals surface area (Å²) < 4.78 is 22.4. The number of methoxy groups -OCH3 is 2. The van der Waals surface area contributed by atoms with Gasteiger partial charge in [0.15, 0.2) is 0 Å². The number of nitrogens with one attached hydrogen (secondary N) is 2. The van der Waals surface area contributed by atoms with Crippen LogP contribution in [0.3, 0.4) is 0 Å². The maximum atomic E-state index is 13.2. The van der Waals surface area contributed by atoms with E-state index in [1.165, 1.54) is 0 Å². The van der Waals surface area contributed by atoms with Crippen molar-refractivity contribution in [2.45, 2.75) is 50.2 Å². The van der Waals surface area contributed by atoms with E-state index < -0.39 is 12.2 Å². The molecule has 200 valence electrons. The van der Waals surface area contributed by atoms with E-state index in [9.17, 15) is 14.7 Å². The van der Waals surface area contributed by atoms with Gasteiger partial charge in [-0.2, -0.15) is 0 Å². The molecule has 2 aromatic rings. The Kier molecular flexibility index (Phi) is 9.21. The summed E-state index contributed by atoms with van der Waals surface area (Å²) in [6.45, 7) is 0.814. The molecule has 2 heterocycles. The van der Waals surface area contributed by atoms with Gasteiger partial charge >= 0.3 is 6.03 Å². The number of amides is 3. The summed E-state index contributed by atoms with van der Waals surface area (Å²) in [7, 11) is 3.18. The molecule has 37 heavy (non-hydrogen) atoms. The highest BCUT2D eigenvalue weighted by Crippen LogP contribution is 2.28. The van der Waals surface area contributed by atoms with Crippen LogP contribution in [0.25, 0.3) is 0 Å². The SMILES string of the molecule is COc1ccc(NC(=O)N2C[C@@H](O)COC[C@@H]3O[C@H](CC(=O)NCc4ccccc4OC)CC[C@H]32)cc1. The van der Waals surface area contributed by atoms with E-state index in [0.717, 1.165) is 11.3 Å². The lowest BCUT2D eigenvalue weighted by molar-refractivity contribution is -0.149. The average molecular weight is 514 g/mol. The lowest BCUT2D eigenvalue weighted by Gasteiger charge is -2.44. The standard InChI is InChI=1S/C27H35N3O7/c1-34-21-9-7-19(8-10-21)29-27(33)30-15-20(31)16-36-17-25-23(30)12-11-22(37-25)13-26(32)28-14-18-5-3-4-6-24(18)35-2/h3-10,20,22-23,25,31H,11-17H2,1-2H3,(H,28,32)(H,29,33)/t20-,22+,23-,25+/m1/s1. The molecule has 2 aliphatic rings. The number of ether oxygens (including phenoxy) is 4. The Balaban J connectivity index is 1.35. The number of anilines is 1. The van der Waals surface area contributed by atoms with Crippen molar-refractivity contribution < 1.29 is 33.6 Å². The third kappa shape index (κ3) is 7.12. The maximum absolute atomic E-state index is 13.2. The monoisotopic (exact) mass is 513 g/mol. The molecule has 0 saturated carbocycles. The molecule has 2 aliphatic heterocycles. The molecule has 10 heteroatoms. The molecular weight excluding hydrogens is 478 g/mol. The fourth-order valence-corrected chi connectivity index (χ4v) is 4.77. The molecule has 10 nitrogen and oxygen atoms in total. The van der Waals surface area contributed by atoms with E-state index in [2.05, 4.69) is 10.6 Å². The predicted octanol–water partition coefficient (Wildman–Crippen LogP) is 2.55. The number of carbonyl (C=O) groups excluding carboxylic acids is 2. The molecule has 3 N–H and O–H groups in total. The van der Waals surface area contributed by atoms with Crippen molar-refractivity contribution >= 4 is 17.6 Å². The second-order valence-electron chi connectivity index (χ2n) is 9.24.